The molecular formula is C26H27N3O4S2. The molecule has 2 amide bonds. The van der Waals surface area contributed by atoms with Gasteiger partial charge in [0.1, 0.15) is 20.6 Å². The lowest BCUT2D eigenvalue weighted by Gasteiger charge is -2.42. The van der Waals surface area contributed by atoms with Crippen molar-refractivity contribution < 1.29 is 19.1 Å². The summed E-state index contributed by atoms with van der Waals surface area (Å²) in [6.45, 7) is 4.58. The summed E-state index contributed by atoms with van der Waals surface area (Å²) in [4.78, 5) is 34.1. The predicted octanol–water partition coefficient (Wildman–Crippen LogP) is 3.39. The summed E-state index contributed by atoms with van der Waals surface area (Å²) in [7, 11) is 6.88. The van der Waals surface area contributed by atoms with Crippen LogP contribution in [0.2, 0.25) is 0 Å². The number of hydrogen-bond acceptors (Lipinski definition) is 7. The number of methoxy groups -OCH3 is 2. The minimum Gasteiger partial charge on any atom is -0.497 e. The number of thioether (sulfide) groups is 1. The van der Waals surface area contributed by atoms with Crippen molar-refractivity contribution in [1.29, 1.82) is 0 Å². The molecule has 2 spiro atoms. The van der Waals surface area contributed by atoms with Crippen LogP contribution in [0.3, 0.4) is 0 Å². The van der Waals surface area contributed by atoms with E-state index in [-0.39, 0.29) is 24.3 Å². The van der Waals surface area contributed by atoms with Gasteiger partial charge in [0.25, 0.3) is 5.91 Å². The topological polar surface area (TPSA) is 62.3 Å². The third-order valence-corrected chi connectivity index (χ3v) is 9.41. The number of thiocarbonyl (C=S) groups is 1. The number of fused-ring (bicyclic) bond motifs is 3. The number of carbonyl (C=O) groups is 2. The van der Waals surface area contributed by atoms with Gasteiger partial charge in [-0.1, -0.05) is 42.2 Å². The van der Waals surface area contributed by atoms with E-state index in [0.29, 0.717) is 22.4 Å². The van der Waals surface area contributed by atoms with E-state index in [1.165, 1.54) is 11.8 Å². The van der Waals surface area contributed by atoms with Gasteiger partial charge in [-0.05, 0) is 42.9 Å². The molecule has 3 heterocycles. The smallest absolute Gasteiger partial charge is 0.254 e. The maximum atomic E-state index is 14.5. The lowest BCUT2D eigenvalue weighted by molar-refractivity contribution is -0.138. The number of likely N-dealkylation sites (N-methyl/N-ethyl adjacent to an activating group) is 2. The summed E-state index contributed by atoms with van der Waals surface area (Å²) in [5, 5.41) is 0. The van der Waals surface area contributed by atoms with Gasteiger partial charge in [-0.2, -0.15) is 0 Å². The first kappa shape index (κ1) is 23.8. The molecule has 3 aliphatic rings. The van der Waals surface area contributed by atoms with Crippen molar-refractivity contribution in [3.05, 3.63) is 66.2 Å². The Morgan fingerprint density at radius 3 is 2.51 bits per heavy atom. The Kier molecular flexibility index (Phi) is 5.69. The van der Waals surface area contributed by atoms with E-state index in [1.54, 1.807) is 37.1 Å². The minimum absolute atomic E-state index is 0.155. The summed E-state index contributed by atoms with van der Waals surface area (Å²) >= 11 is 7.06. The molecule has 35 heavy (non-hydrogen) atoms. The Labute approximate surface area is 214 Å². The number of nitrogens with zero attached hydrogens (tertiary/aromatic N) is 3. The Morgan fingerprint density at radius 2 is 1.83 bits per heavy atom. The fraction of sp³-hybridized carbons (Fsp3) is 0.346. The Balaban J connectivity index is 1.84. The number of amides is 2. The fourth-order valence-corrected chi connectivity index (χ4v) is 8.09. The van der Waals surface area contributed by atoms with Crippen LogP contribution in [0.25, 0.3) is 0 Å². The van der Waals surface area contributed by atoms with Crippen molar-refractivity contribution in [2.75, 3.05) is 46.3 Å². The summed E-state index contributed by atoms with van der Waals surface area (Å²) < 4.78 is 10.3. The number of hydrogen-bond donors (Lipinski definition) is 0. The van der Waals surface area contributed by atoms with Gasteiger partial charge in [0.15, 0.2) is 5.54 Å². The van der Waals surface area contributed by atoms with E-state index >= 15 is 0 Å². The standard InChI is InChI=1S/C26H27N3O4S2/c1-6-12-29-23(31)26(35-24(29)34)20(16-8-7-9-17(13-16)32-4)15-27(2)25(26)19-14-18(33-5)10-11-21(19)28(3)22(25)30/h6-11,13-14,20H,1,12,15H2,2-5H3/t20-,25-,26+/m1/s1. The lowest BCUT2D eigenvalue weighted by atomic mass is 9.72. The maximum absolute atomic E-state index is 14.5. The number of rotatable bonds is 5. The first-order valence-electron chi connectivity index (χ1n) is 11.3. The largest absolute Gasteiger partial charge is 0.497 e. The van der Waals surface area contributed by atoms with E-state index in [1.807, 2.05) is 54.4 Å². The van der Waals surface area contributed by atoms with Crippen molar-refractivity contribution in [3.63, 3.8) is 0 Å². The molecule has 182 valence electrons. The molecule has 7 nitrogen and oxygen atoms in total. The molecule has 2 aromatic rings. The third kappa shape index (κ3) is 2.92. The number of likely N-dealkylation sites (tertiary alicyclic amines) is 1. The quantitative estimate of drug-likeness (QED) is 0.452. The number of ether oxygens (including phenoxy) is 2. The first-order valence-corrected chi connectivity index (χ1v) is 12.5. The summed E-state index contributed by atoms with van der Waals surface area (Å²) in [6, 6.07) is 13.3. The SMILES string of the molecule is C=CCN1C(=O)[C@@]2(SC1=S)[C@@H](c1cccc(OC)c1)CN(C)[C@]21C(=O)N(C)c2ccc(OC)cc21. The summed E-state index contributed by atoms with van der Waals surface area (Å²) in [5.74, 6) is 0.654. The highest BCUT2D eigenvalue weighted by Crippen LogP contribution is 2.66. The van der Waals surface area contributed by atoms with Crippen LogP contribution < -0.4 is 14.4 Å². The average Bonchev–Trinajstić information content (AvgIpc) is 3.37. The second-order valence-electron chi connectivity index (χ2n) is 8.98. The van der Waals surface area contributed by atoms with Crippen LogP contribution >= 0.6 is 24.0 Å². The molecule has 3 atom stereocenters. The number of carbonyl (C=O) groups excluding carboxylic acids is 2. The highest BCUT2D eigenvalue weighted by molar-refractivity contribution is 8.25. The van der Waals surface area contributed by atoms with Gasteiger partial charge >= 0.3 is 0 Å². The van der Waals surface area contributed by atoms with Crippen molar-refractivity contribution in [1.82, 2.24) is 9.80 Å². The number of benzene rings is 2. The Hall–Kier alpha value is -2.88. The van der Waals surface area contributed by atoms with Gasteiger partial charge in [-0.3, -0.25) is 19.4 Å². The monoisotopic (exact) mass is 509 g/mol. The zero-order valence-electron chi connectivity index (χ0n) is 20.1. The molecule has 2 fully saturated rings. The third-order valence-electron chi connectivity index (χ3n) is 7.47. The highest BCUT2D eigenvalue weighted by atomic mass is 32.2. The minimum atomic E-state index is -1.28. The van der Waals surface area contributed by atoms with Crippen LogP contribution in [-0.4, -0.2) is 72.1 Å². The first-order chi connectivity index (χ1) is 16.8. The predicted molar refractivity (Wildman–Crippen MR) is 141 cm³/mol. The van der Waals surface area contributed by atoms with Gasteiger partial charge in [0.05, 0.1) is 14.2 Å². The van der Waals surface area contributed by atoms with E-state index in [0.717, 1.165) is 16.8 Å². The summed E-state index contributed by atoms with van der Waals surface area (Å²) in [6.07, 6.45) is 1.66. The molecule has 2 saturated heterocycles. The summed E-state index contributed by atoms with van der Waals surface area (Å²) in [5.41, 5.74) is 1.15. The van der Waals surface area contributed by atoms with Crippen LogP contribution in [-0.2, 0) is 15.1 Å². The Morgan fingerprint density at radius 1 is 1.11 bits per heavy atom. The van der Waals surface area contributed by atoms with Crippen molar-refractivity contribution in [2.45, 2.75) is 16.2 Å². The highest BCUT2D eigenvalue weighted by Gasteiger charge is 2.78. The lowest BCUT2D eigenvalue weighted by Crippen LogP contribution is -2.62. The van der Waals surface area contributed by atoms with Gasteiger partial charge in [-0.25, -0.2) is 0 Å². The van der Waals surface area contributed by atoms with Gasteiger partial charge in [0.2, 0.25) is 5.91 Å². The molecule has 0 saturated carbocycles. The molecule has 0 unspecified atom stereocenters. The molecule has 0 aliphatic carbocycles. The van der Waals surface area contributed by atoms with Crippen molar-refractivity contribution >= 4 is 45.8 Å². The fourth-order valence-electron chi connectivity index (χ4n) is 5.95. The van der Waals surface area contributed by atoms with Gasteiger partial charge < -0.3 is 14.4 Å². The second-order valence-corrected chi connectivity index (χ2v) is 10.9. The molecule has 5 rings (SSSR count). The number of anilines is 1. The zero-order chi connectivity index (χ0) is 25.1. The zero-order valence-corrected chi connectivity index (χ0v) is 21.7. The molecule has 0 N–H and O–H groups in total. The van der Waals surface area contributed by atoms with E-state index in [4.69, 9.17) is 21.7 Å². The van der Waals surface area contributed by atoms with Crippen molar-refractivity contribution in [2.24, 2.45) is 0 Å². The van der Waals surface area contributed by atoms with E-state index in [9.17, 15) is 9.59 Å². The molecular weight excluding hydrogens is 482 g/mol. The second kappa shape index (κ2) is 8.36. The van der Waals surface area contributed by atoms with Gasteiger partial charge in [0, 0.05) is 37.3 Å². The normalized spacial score (nSPS) is 27.9. The molecule has 2 aromatic carbocycles. The van der Waals surface area contributed by atoms with Crippen LogP contribution in [0.15, 0.2) is 55.1 Å². The van der Waals surface area contributed by atoms with Crippen LogP contribution in [0.4, 0.5) is 5.69 Å². The molecule has 3 aliphatic heterocycles. The van der Waals surface area contributed by atoms with E-state index in [2.05, 4.69) is 6.58 Å². The van der Waals surface area contributed by atoms with Crippen molar-refractivity contribution in [3.8, 4) is 11.5 Å². The molecule has 0 radical (unpaired) electrons. The van der Waals surface area contributed by atoms with Gasteiger partial charge in [-0.15, -0.1) is 6.58 Å². The Bertz CT molecular complexity index is 1270. The molecule has 9 heteroatoms. The average molecular weight is 510 g/mol. The van der Waals surface area contributed by atoms with Crippen LogP contribution in [0, 0.1) is 0 Å². The van der Waals surface area contributed by atoms with E-state index < -0.39 is 10.3 Å². The molecule has 0 bridgehead atoms. The van der Waals surface area contributed by atoms with Crippen LogP contribution in [0.1, 0.15) is 17.0 Å². The molecule has 0 aromatic heterocycles. The maximum Gasteiger partial charge on any atom is 0.254 e. The van der Waals surface area contributed by atoms with Crippen LogP contribution in [0.5, 0.6) is 11.5 Å².